The van der Waals surface area contributed by atoms with E-state index in [1.807, 2.05) is 6.92 Å². The van der Waals surface area contributed by atoms with Gasteiger partial charge in [0.2, 0.25) is 0 Å². The van der Waals surface area contributed by atoms with Crippen molar-refractivity contribution >= 4 is 10.9 Å². The van der Waals surface area contributed by atoms with E-state index in [9.17, 15) is 0 Å². The maximum absolute atomic E-state index is 5.56. The summed E-state index contributed by atoms with van der Waals surface area (Å²) in [5, 5.41) is 0. The maximum Gasteiger partial charge on any atom is 0.166 e. The summed E-state index contributed by atoms with van der Waals surface area (Å²) in [5.74, 6) is 0.927. The molecular weight excluding hydrogens is 288 g/mol. The minimum absolute atomic E-state index is 0.0824. The third kappa shape index (κ3) is 3.34. The van der Waals surface area contributed by atoms with Crippen LogP contribution in [0.2, 0.25) is 0 Å². The fourth-order valence-electron chi connectivity index (χ4n) is 2.36. The fraction of sp³-hybridized carbons (Fsp3) is 0.100. The summed E-state index contributed by atoms with van der Waals surface area (Å²) in [6, 6.07) is 29.8. The third-order valence-corrected chi connectivity index (χ3v) is 5.56. The van der Waals surface area contributed by atoms with E-state index in [2.05, 4.69) is 84.9 Å². The monoisotopic (exact) mass is 307 g/mol. The zero-order valence-electron chi connectivity index (χ0n) is 12.6. The first-order valence-electron chi connectivity index (χ1n) is 7.46. The second-order valence-electron chi connectivity index (χ2n) is 4.84. The summed E-state index contributed by atoms with van der Waals surface area (Å²) in [6.45, 7) is 2.70. The second kappa shape index (κ2) is 7.19. The van der Waals surface area contributed by atoms with Crippen LogP contribution < -0.4 is 4.74 Å². The van der Waals surface area contributed by atoms with Crippen molar-refractivity contribution < 1.29 is 4.74 Å². The topological polar surface area (TPSA) is 9.23 Å². The van der Waals surface area contributed by atoms with Gasteiger partial charge in [-0.05, 0) is 55.5 Å². The second-order valence-corrected chi connectivity index (χ2v) is 6.86. The van der Waals surface area contributed by atoms with E-state index < -0.39 is 0 Å². The molecule has 1 nitrogen and oxygen atoms in total. The van der Waals surface area contributed by atoms with Crippen LogP contribution in [0.3, 0.4) is 0 Å². The molecule has 0 N–H and O–H groups in total. The normalized spacial score (nSPS) is 10.6. The third-order valence-electron chi connectivity index (χ3n) is 3.33. The van der Waals surface area contributed by atoms with Crippen molar-refractivity contribution in [3.8, 4) is 5.75 Å². The largest absolute Gasteiger partial charge is 0.494 e. The Bertz CT molecular complexity index is 653. The number of benzene rings is 3. The van der Waals surface area contributed by atoms with Gasteiger partial charge in [0, 0.05) is 0 Å². The van der Waals surface area contributed by atoms with Gasteiger partial charge in [-0.15, -0.1) is 0 Å². The highest BCUT2D eigenvalue weighted by Crippen LogP contribution is 2.31. The van der Waals surface area contributed by atoms with Crippen LogP contribution >= 0.6 is 0 Å². The molecule has 0 saturated heterocycles. The van der Waals surface area contributed by atoms with E-state index in [0.29, 0.717) is 6.61 Å². The van der Waals surface area contributed by atoms with Crippen molar-refractivity contribution in [2.24, 2.45) is 0 Å². The predicted octanol–water partition coefficient (Wildman–Crippen LogP) is 5.18. The molecule has 0 fully saturated rings. The van der Waals surface area contributed by atoms with E-state index >= 15 is 0 Å². The van der Waals surface area contributed by atoms with Crippen LogP contribution in [0.1, 0.15) is 6.92 Å². The SMILES string of the molecule is CCOc1ccc([S+](c2ccccc2)c2ccccc2)cc1. The van der Waals surface area contributed by atoms with Crippen LogP contribution in [-0.4, -0.2) is 6.61 Å². The Kier molecular flexibility index (Phi) is 4.81. The zero-order valence-corrected chi connectivity index (χ0v) is 13.4. The molecule has 110 valence electrons. The van der Waals surface area contributed by atoms with Gasteiger partial charge in [-0.3, -0.25) is 0 Å². The molecule has 0 heterocycles. The van der Waals surface area contributed by atoms with Gasteiger partial charge >= 0.3 is 0 Å². The first kappa shape index (κ1) is 14.7. The van der Waals surface area contributed by atoms with E-state index in [1.165, 1.54) is 14.7 Å². The molecule has 3 rings (SSSR count). The van der Waals surface area contributed by atoms with Crippen LogP contribution in [0.25, 0.3) is 0 Å². The van der Waals surface area contributed by atoms with Gasteiger partial charge in [0.15, 0.2) is 14.7 Å². The average molecular weight is 307 g/mol. The highest BCUT2D eigenvalue weighted by Gasteiger charge is 2.27. The number of hydrogen-bond donors (Lipinski definition) is 0. The standard InChI is InChI=1S/C20H19OS/c1-2-21-17-13-15-20(16-14-17)22(18-9-5-3-6-10-18)19-11-7-4-8-12-19/h3-16H,2H2,1H3/q+1. The highest BCUT2D eigenvalue weighted by atomic mass is 32.2. The molecule has 0 unspecified atom stereocenters. The molecule has 0 bridgehead atoms. The van der Waals surface area contributed by atoms with E-state index in [4.69, 9.17) is 4.74 Å². The minimum atomic E-state index is -0.0824. The molecule has 0 aliphatic heterocycles. The van der Waals surface area contributed by atoms with Gasteiger partial charge < -0.3 is 4.74 Å². The molecule has 0 saturated carbocycles. The summed E-state index contributed by atoms with van der Waals surface area (Å²) >= 11 is 0. The van der Waals surface area contributed by atoms with Crippen LogP contribution in [0.15, 0.2) is 99.6 Å². The summed E-state index contributed by atoms with van der Waals surface area (Å²) in [5.41, 5.74) is 0. The number of rotatable bonds is 5. The lowest BCUT2D eigenvalue weighted by Crippen LogP contribution is -2.04. The summed E-state index contributed by atoms with van der Waals surface area (Å²) in [6.07, 6.45) is 0. The van der Waals surface area contributed by atoms with E-state index in [1.54, 1.807) is 0 Å². The average Bonchev–Trinajstić information content (AvgIpc) is 2.59. The molecule has 2 heteroatoms. The molecule has 3 aromatic rings. The molecule has 0 radical (unpaired) electrons. The Morgan fingerprint density at radius 3 is 1.55 bits per heavy atom. The number of ether oxygens (including phenoxy) is 1. The lowest BCUT2D eigenvalue weighted by molar-refractivity contribution is 0.340. The Morgan fingerprint density at radius 1 is 0.636 bits per heavy atom. The first-order valence-corrected chi connectivity index (χ1v) is 8.68. The lowest BCUT2D eigenvalue weighted by atomic mass is 10.3. The van der Waals surface area contributed by atoms with Crippen molar-refractivity contribution in [2.45, 2.75) is 21.6 Å². The van der Waals surface area contributed by atoms with Crippen LogP contribution in [0.5, 0.6) is 5.75 Å². The summed E-state index contributed by atoms with van der Waals surface area (Å²) < 4.78 is 5.56. The molecule has 0 atom stereocenters. The van der Waals surface area contributed by atoms with Gasteiger partial charge in [0.1, 0.15) is 5.75 Å². The zero-order chi connectivity index (χ0) is 15.2. The molecule has 3 aromatic carbocycles. The quantitative estimate of drug-likeness (QED) is 0.590. The summed E-state index contributed by atoms with van der Waals surface area (Å²) in [7, 11) is -0.0824. The van der Waals surface area contributed by atoms with Crippen molar-refractivity contribution in [1.29, 1.82) is 0 Å². The van der Waals surface area contributed by atoms with Gasteiger partial charge in [-0.1, -0.05) is 36.4 Å². The van der Waals surface area contributed by atoms with Crippen LogP contribution in [-0.2, 0) is 10.9 Å². The van der Waals surface area contributed by atoms with Gasteiger partial charge in [0.25, 0.3) is 0 Å². The molecule has 0 aliphatic carbocycles. The van der Waals surface area contributed by atoms with Crippen molar-refractivity contribution in [2.75, 3.05) is 6.61 Å². The molecular formula is C20H19OS+. The van der Waals surface area contributed by atoms with Crippen LogP contribution in [0.4, 0.5) is 0 Å². The Labute approximate surface area is 134 Å². The smallest absolute Gasteiger partial charge is 0.166 e. The Balaban J connectivity index is 2.02. The predicted molar refractivity (Wildman–Crippen MR) is 92.7 cm³/mol. The van der Waals surface area contributed by atoms with Crippen LogP contribution in [0, 0.1) is 0 Å². The Hall–Kier alpha value is -2.19. The maximum atomic E-state index is 5.56. The minimum Gasteiger partial charge on any atom is -0.494 e. The molecule has 0 aliphatic rings. The molecule has 0 aromatic heterocycles. The number of hydrogen-bond acceptors (Lipinski definition) is 1. The first-order chi connectivity index (χ1) is 10.9. The van der Waals surface area contributed by atoms with E-state index in [0.717, 1.165) is 5.75 Å². The highest BCUT2D eigenvalue weighted by molar-refractivity contribution is 7.97. The van der Waals surface area contributed by atoms with Gasteiger partial charge in [0.05, 0.1) is 17.5 Å². The fourth-order valence-corrected chi connectivity index (χ4v) is 4.44. The molecule has 22 heavy (non-hydrogen) atoms. The van der Waals surface area contributed by atoms with E-state index in [-0.39, 0.29) is 10.9 Å². The lowest BCUT2D eigenvalue weighted by Gasteiger charge is -2.08. The molecule has 0 spiro atoms. The Morgan fingerprint density at radius 2 is 1.09 bits per heavy atom. The van der Waals surface area contributed by atoms with Crippen molar-refractivity contribution in [1.82, 2.24) is 0 Å². The van der Waals surface area contributed by atoms with Gasteiger partial charge in [-0.25, -0.2) is 0 Å². The van der Waals surface area contributed by atoms with Gasteiger partial charge in [-0.2, -0.15) is 0 Å². The summed E-state index contributed by atoms with van der Waals surface area (Å²) in [4.78, 5) is 3.97. The van der Waals surface area contributed by atoms with Crippen molar-refractivity contribution in [3.05, 3.63) is 84.9 Å². The van der Waals surface area contributed by atoms with Crippen molar-refractivity contribution in [3.63, 3.8) is 0 Å². The molecule has 0 amide bonds.